The van der Waals surface area contributed by atoms with Gasteiger partial charge in [0.25, 0.3) is 0 Å². The number of ether oxygens (including phenoxy) is 1. The monoisotopic (exact) mass is 204 g/mol. The molecule has 0 aliphatic rings. The first-order chi connectivity index (χ1) is 7.22. The van der Waals surface area contributed by atoms with Crippen molar-refractivity contribution in [2.75, 3.05) is 12.8 Å². The van der Waals surface area contributed by atoms with E-state index in [9.17, 15) is 0 Å². The van der Waals surface area contributed by atoms with E-state index >= 15 is 0 Å². The molecule has 0 fully saturated rings. The third-order valence-electron chi connectivity index (χ3n) is 2.18. The molecule has 0 unspecified atom stereocenters. The average Bonchev–Trinajstić information content (AvgIpc) is 2.60. The summed E-state index contributed by atoms with van der Waals surface area (Å²) < 4.78 is 6.70. The highest BCUT2D eigenvalue weighted by atomic mass is 16.5. The van der Waals surface area contributed by atoms with Crippen molar-refractivity contribution in [1.29, 1.82) is 0 Å². The van der Waals surface area contributed by atoms with Crippen molar-refractivity contribution in [2.45, 2.75) is 6.92 Å². The van der Waals surface area contributed by atoms with Crippen LogP contribution in [0.5, 0.6) is 5.75 Å². The SMILES string of the molecule is COc1cccc(-n2nnc(C)c2N)c1. The molecule has 0 radical (unpaired) electrons. The van der Waals surface area contributed by atoms with Crippen LogP contribution < -0.4 is 10.5 Å². The van der Waals surface area contributed by atoms with Crippen molar-refractivity contribution in [3.8, 4) is 11.4 Å². The number of nitrogen functional groups attached to an aromatic ring is 1. The highest BCUT2D eigenvalue weighted by Crippen LogP contribution is 2.18. The van der Waals surface area contributed by atoms with Gasteiger partial charge in [-0.2, -0.15) is 4.68 Å². The average molecular weight is 204 g/mol. The van der Waals surface area contributed by atoms with Crippen molar-refractivity contribution in [1.82, 2.24) is 15.0 Å². The van der Waals surface area contributed by atoms with Crippen LogP contribution in [0.4, 0.5) is 5.82 Å². The maximum Gasteiger partial charge on any atom is 0.150 e. The second kappa shape index (κ2) is 3.61. The van der Waals surface area contributed by atoms with Crippen LogP contribution in [0.2, 0.25) is 0 Å². The molecule has 78 valence electrons. The van der Waals surface area contributed by atoms with Crippen molar-refractivity contribution in [3.63, 3.8) is 0 Å². The molecule has 5 nitrogen and oxygen atoms in total. The fourth-order valence-corrected chi connectivity index (χ4v) is 1.30. The predicted octanol–water partition coefficient (Wildman–Crippen LogP) is 1.17. The Hall–Kier alpha value is -2.04. The van der Waals surface area contributed by atoms with Gasteiger partial charge in [0.05, 0.1) is 12.8 Å². The molecular weight excluding hydrogens is 192 g/mol. The van der Waals surface area contributed by atoms with Crippen LogP contribution in [0.15, 0.2) is 24.3 Å². The van der Waals surface area contributed by atoms with Crippen LogP contribution >= 0.6 is 0 Å². The number of rotatable bonds is 2. The summed E-state index contributed by atoms with van der Waals surface area (Å²) in [5, 5.41) is 7.84. The van der Waals surface area contributed by atoms with Gasteiger partial charge in [-0.1, -0.05) is 11.3 Å². The quantitative estimate of drug-likeness (QED) is 0.797. The summed E-state index contributed by atoms with van der Waals surface area (Å²) in [6, 6.07) is 7.49. The summed E-state index contributed by atoms with van der Waals surface area (Å²) >= 11 is 0. The second-order valence-corrected chi connectivity index (χ2v) is 3.17. The number of anilines is 1. The topological polar surface area (TPSA) is 66.0 Å². The number of methoxy groups -OCH3 is 1. The Morgan fingerprint density at radius 2 is 2.20 bits per heavy atom. The Morgan fingerprint density at radius 1 is 1.40 bits per heavy atom. The molecule has 0 bridgehead atoms. The molecule has 0 saturated carbocycles. The molecule has 0 saturated heterocycles. The van der Waals surface area contributed by atoms with E-state index in [0.717, 1.165) is 17.1 Å². The highest BCUT2D eigenvalue weighted by molar-refractivity contribution is 5.46. The standard InChI is InChI=1S/C10H12N4O/c1-7-10(11)14(13-12-7)8-4-3-5-9(6-8)15-2/h3-6H,11H2,1-2H3. The van der Waals surface area contributed by atoms with Crippen molar-refractivity contribution in [2.24, 2.45) is 0 Å². The van der Waals surface area contributed by atoms with Crippen LogP contribution in [0.25, 0.3) is 5.69 Å². The Balaban J connectivity index is 2.49. The first-order valence-electron chi connectivity index (χ1n) is 4.54. The number of aromatic nitrogens is 3. The zero-order valence-electron chi connectivity index (χ0n) is 8.64. The van der Waals surface area contributed by atoms with E-state index in [1.807, 2.05) is 31.2 Å². The van der Waals surface area contributed by atoms with Crippen LogP contribution in [0.1, 0.15) is 5.69 Å². The molecule has 5 heteroatoms. The van der Waals surface area contributed by atoms with Gasteiger partial charge >= 0.3 is 0 Å². The summed E-state index contributed by atoms with van der Waals surface area (Å²) in [4.78, 5) is 0. The Morgan fingerprint density at radius 3 is 2.80 bits per heavy atom. The first kappa shape index (κ1) is 9.51. The third-order valence-corrected chi connectivity index (χ3v) is 2.18. The summed E-state index contributed by atoms with van der Waals surface area (Å²) in [5.41, 5.74) is 7.38. The van der Waals surface area contributed by atoms with E-state index in [-0.39, 0.29) is 0 Å². The molecule has 0 spiro atoms. The van der Waals surface area contributed by atoms with Crippen LogP contribution in [-0.4, -0.2) is 22.1 Å². The first-order valence-corrected chi connectivity index (χ1v) is 4.54. The molecule has 2 aromatic rings. The van der Waals surface area contributed by atoms with Crippen molar-refractivity contribution >= 4 is 5.82 Å². The summed E-state index contributed by atoms with van der Waals surface area (Å²) in [7, 11) is 1.62. The minimum absolute atomic E-state index is 0.545. The maximum absolute atomic E-state index is 5.82. The van der Waals surface area contributed by atoms with Gasteiger partial charge in [0, 0.05) is 6.07 Å². The lowest BCUT2D eigenvalue weighted by Gasteiger charge is -2.04. The second-order valence-electron chi connectivity index (χ2n) is 3.17. The van der Waals surface area contributed by atoms with Gasteiger partial charge in [-0.25, -0.2) is 0 Å². The molecule has 0 atom stereocenters. The smallest absolute Gasteiger partial charge is 0.150 e. The van der Waals surface area contributed by atoms with Gasteiger partial charge in [-0.3, -0.25) is 0 Å². The maximum atomic E-state index is 5.82. The largest absolute Gasteiger partial charge is 0.497 e. The number of hydrogen-bond donors (Lipinski definition) is 1. The minimum Gasteiger partial charge on any atom is -0.497 e. The summed E-state index contributed by atoms with van der Waals surface area (Å²) in [6.45, 7) is 1.82. The van der Waals surface area contributed by atoms with Gasteiger partial charge in [0.15, 0.2) is 5.82 Å². The van der Waals surface area contributed by atoms with Gasteiger partial charge in [0.2, 0.25) is 0 Å². The number of nitrogens with two attached hydrogens (primary N) is 1. The van der Waals surface area contributed by atoms with E-state index in [4.69, 9.17) is 10.5 Å². The fourth-order valence-electron chi connectivity index (χ4n) is 1.30. The number of hydrogen-bond acceptors (Lipinski definition) is 4. The van der Waals surface area contributed by atoms with E-state index in [2.05, 4.69) is 10.3 Å². The van der Waals surface area contributed by atoms with E-state index in [0.29, 0.717) is 5.82 Å². The molecular formula is C10H12N4O. The highest BCUT2D eigenvalue weighted by Gasteiger charge is 2.07. The molecule has 1 heterocycles. The lowest BCUT2D eigenvalue weighted by atomic mass is 10.3. The van der Waals surface area contributed by atoms with Gasteiger partial charge in [-0.05, 0) is 19.1 Å². The third kappa shape index (κ3) is 1.63. The minimum atomic E-state index is 0.545. The molecule has 1 aromatic carbocycles. The number of nitrogens with zero attached hydrogens (tertiary/aromatic N) is 3. The molecule has 2 rings (SSSR count). The molecule has 2 N–H and O–H groups in total. The predicted molar refractivity (Wildman–Crippen MR) is 57.1 cm³/mol. The van der Waals surface area contributed by atoms with Crippen LogP contribution in [0, 0.1) is 6.92 Å². The van der Waals surface area contributed by atoms with E-state index in [1.165, 1.54) is 0 Å². The molecule has 0 amide bonds. The number of benzene rings is 1. The molecule has 0 aliphatic carbocycles. The van der Waals surface area contributed by atoms with Crippen LogP contribution in [-0.2, 0) is 0 Å². The Labute approximate surface area is 87.5 Å². The zero-order valence-corrected chi connectivity index (χ0v) is 8.64. The lowest BCUT2D eigenvalue weighted by molar-refractivity contribution is 0.414. The van der Waals surface area contributed by atoms with Crippen molar-refractivity contribution in [3.05, 3.63) is 30.0 Å². The van der Waals surface area contributed by atoms with Crippen LogP contribution in [0.3, 0.4) is 0 Å². The summed E-state index contributed by atoms with van der Waals surface area (Å²) in [6.07, 6.45) is 0. The van der Waals surface area contributed by atoms with Gasteiger partial charge in [-0.15, -0.1) is 5.10 Å². The van der Waals surface area contributed by atoms with E-state index in [1.54, 1.807) is 11.8 Å². The summed E-state index contributed by atoms with van der Waals surface area (Å²) in [5.74, 6) is 1.31. The normalized spacial score (nSPS) is 10.3. The Kier molecular flexibility index (Phi) is 2.29. The fraction of sp³-hybridized carbons (Fsp3) is 0.200. The Bertz CT molecular complexity index is 478. The van der Waals surface area contributed by atoms with Gasteiger partial charge < -0.3 is 10.5 Å². The van der Waals surface area contributed by atoms with Gasteiger partial charge in [0.1, 0.15) is 11.4 Å². The van der Waals surface area contributed by atoms with Crippen molar-refractivity contribution < 1.29 is 4.74 Å². The molecule has 1 aromatic heterocycles. The lowest BCUT2D eigenvalue weighted by Crippen LogP contribution is -2.02. The number of aryl methyl sites for hydroxylation is 1. The zero-order chi connectivity index (χ0) is 10.8. The van der Waals surface area contributed by atoms with E-state index < -0.39 is 0 Å². The molecule has 0 aliphatic heterocycles. The molecule has 15 heavy (non-hydrogen) atoms.